The lowest BCUT2D eigenvalue weighted by molar-refractivity contribution is -0.117. The second-order valence-corrected chi connectivity index (χ2v) is 17.4. The number of methoxy groups -OCH3 is 1. The van der Waals surface area contributed by atoms with E-state index in [0.29, 0.717) is 51.6 Å². The molecule has 5 heterocycles. The van der Waals surface area contributed by atoms with Crippen molar-refractivity contribution in [1.82, 2.24) is 44.5 Å². The molecule has 15 nitrogen and oxygen atoms in total. The number of amides is 2. The van der Waals surface area contributed by atoms with E-state index >= 15 is 0 Å². The van der Waals surface area contributed by atoms with Crippen molar-refractivity contribution in [2.45, 2.75) is 85.4 Å². The number of benzene rings is 4. The van der Waals surface area contributed by atoms with Crippen LogP contribution in [0.3, 0.4) is 0 Å². The van der Waals surface area contributed by atoms with Crippen molar-refractivity contribution in [3.8, 4) is 56.5 Å². The van der Waals surface area contributed by atoms with Crippen molar-refractivity contribution in [2.75, 3.05) is 17.7 Å². The number of fused-ring (bicyclic) bond motifs is 2. The first-order valence-electron chi connectivity index (χ1n) is 24.6. The number of nitrogens with one attached hydrogen (secondary N) is 2. The number of nitrogens with zero attached hydrogens (tertiary/aromatic N) is 9. The lowest BCUT2D eigenvalue weighted by Gasteiger charge is -2.14. The van der Waals surface area contributed by atoms with Crippen LogP contribution < -0.4 is 20.1 Å². The molecule has 2 amide bonds. The molecule has 0 bridgehead atoms. The van der Waals surface area contributed by atoms with Crippen molar-refractivity contribution >= 4 is 45.0 Å². The van der Waals surface area contributed by atoms with Gasteiger partial charge in [-0.05, 0) is 63.3 Å². The van der Waals surface area contributed by atoms with Crippen LogP contribution in [0.1, 0.15) is 81.8 Å². The van der Waals surface area contributed by atoms with Crippen LogP contribution >= 0.6 is 0 Å². The third-order valence-corrected chi connectivity index (χ3v) is 12.3. The summed E-state index contributed by atoms with van der Waals surface area (Å²) in [5.74, 6) is 0.353. The fourth-order valence-electron chi connectivity index (χ4n) is 8.40. The highest BCUT2D eigenvalue weighted by Gasteiger charge is 2.31. The normalized spacial score (nSPS) is 12.9. The minimum Gasteiger partial charge on any atom is -0.494 e. The molecule has 2 saturated carbocycles. The molecule has 11 rings (SSSR count). The average molecular weight is 984 g/mol. The zero-order valence-electron chi connectivity index (χ0n) is 41.2. The van der Waals surface area contributed by atoms with Crippen LogP contribution in [0, 0.1) is 5.92 Å². The van der Waals surface area contributed by atoms with E-state index in [9.17, 15) is 18.4 Å². The Hall–Kier alpha value is -8.47. The number of hydrogen-bond acceptors (Lipinski definition) is 11. The Morgan fingerprint density at radius 1 is 0.671 bits per heavy atom. The van der Waals surface area contributed by atoms with Crippen LogP contribution in [0.25, 0.3) is 66.8 Å². The first-order chi connectivity index (χ1) is 35.7. The number of aryl methyl sites for hydroxylation is 2. The summed E-state index contributed by atoms with van der Waals surface area (Å²) in [6.07, 6.45) is 13.4. The zero-order chi connectivity index (χ0) is 51.0. The molecule has 73 heavy (non-hydrogen) atoms. The lowest BCUT2D eigenvalue weighted by atomic mass is 10.0. The van der Waals surface area contributed by atoms with E-state index in [2.05, 4.69) is 47.2 Å². The number of ether oxygens (including phenoxy) is 2. The number of pyridine rings is 1. The maximum absolute atomic E-state index is 13.1. The van der Waals surface area contributed by atoms with Gasteiger partial charge >= 0.3 is 6.61 Å². The maximum Gasteiger partial charge on any atom is 0.387 e. The van der Waals surface area contributed by atoms with E-state index in [1.807, 2.05) is 127 Å². The Bertz CT molecular complexity index is 3380. The molecule has 4 aromatic carbocycles. The van der Waals surface area contributed by atoms with Gasteiger partial charge in [-0.3, -0.25) is 23.9 Å². The number of halogens is 2. The van der Waals surface area contributed by atoms with E-state index in [-0.39, 0.29) is 29.2 Å². The zero-order valence-corrected chi connectivity index (χ0v) is 41.2. The quantitative estimate of drug-likeness (QED) is 0.0999. The van der Waals surface area contributed by atoms with E-state index in [4.69, 9.17) is 14.9 Å². The van der Waals surface area contributed by atoms with Crippen LogP contribution in [0.4, 0.5) is 20.2 Å². The predicted octanol–water partition coefficient (Wildman–Crippen LogP) is 12.3. The Balaban J connectivity index is 0.000000176. The maximum atomic E-state index is 13.1. The summed E-state index contributed by atoms with van der Waals surface area (Å²) in [5.41, 5.74) is 9.90. The van der Waals surface area contributed by atoms with Crippen molar-refractivity contribution in [1.29, 1.82) is 0 Å². The highest BCUT2D eigenvalue weighted by Crippen LogP contribution is 2.41. The predicted molar refractivity (Wildman–Crippen MR) is 278 cm³/mol. The summed E-state index contributed by atoms with van der Waals surface area (Å²) < 4.78 is 40.2. The molecule has 2 N–H and O–H groups in total. The van der Waals surface area contributed by atoms with Gasteiger partial charge in [0.2, 0.25) is 5.91 Å². The SMILES string of the molecule is CC.CCCn1cc(-c2ncnc3cc(OC)c(NC(=O)c4ccc(C5CC5)nc4)cc23)c(-c2ccccc2)n1.CCn1cc(-c2ncnc3cc(OC(F)F)c(NC(=O)C4CC4)cc23)c(-c2ccccc2)n1. The van der Waals surface area contributed by atoms with Crippen molar-refractivity contribution in [3.63, 3.8) is 0 Å². The largest absolute Gasteiger partial charge is 0.494 e. The molecular formula is C56H55F2N11O4. The van der Waals surface area contributed by atoms with Gasteiger partial charge in [-0.2, -0.15) is 19.0 Å². The molecule has 17 heteroatoms. The van der Waals surface area contributed by atoms with Crippen LogP contribution in [-0.2, 0) is 17.9 Å². The highest BCUT2D eigenvalue weighted by atomic mass is 19.3. The summed E-state index contributed by atoms with van der Waals surface area (Å²) >= 11 is 0. The van der Waals surface area contributed by atoms with Gasteiger partial charge in [-0.1, -0.05) is 81.4 Å². The van der Waals surface area contributed by atoms with Crippen LogP contribution in [0.15, 0.2) is 128 Å². The minimum absolute atomic E-state index is 0.0981. The Morgan fingerprint density at radius 2 is 1.23 bits per heavy atom. The van der Waals surface area contributed by atoms with Gasteiger partial charge in [0.05, 0.1) is 46.5 Å². The number of alkyl halides is 2. The van der Waals surface area contributed by atoms with Crippen LogP contribution in [-0.4, -0.2) is 70.0 Å². The molecule has 9 aromatic rings. The van der Waals surface area contributed by atoms with Gasteiger partial charge in [0.25, 0.3) is 5.91 Å². The number of hydrogen-bond donors (Lipinski definition) is 2. The fraction of sp³-hybridized carbons (Fsp3) is 0.268. The number of carbonyl (C=O) groups is 2. The second kappa shape index (κ2) is 22.3. The van der Waals surface area contributed by atoms with Gasteiger partial charge in [-0.25, -0.2) is 19.9 Å². The summed E-state index contributed by atoms with van der Waals surface area (Å²) in [4.78, 5) is 47.9. The number of aromatic nitrogens is 9. The van der Waals surface area contributed by atoms with E-state index in [1.54, 1.807) is 25.7 Å². The van der Waals surface area contributed by atoms with E-state index in [1.165, 1.54) is 25.2 Å². The molecular weight excluding hydrogens is 929 g/mol. The van der Waals surface area contributed by atoms with Gasteiger partial charge in [0.1, 0.15) is 29.8 Å². The standard InChI is InChI=1S/C30H28N6O2.C24H21F2N5O2.C2H6/c1-3-13-36-17-23(28(35-36)20-7-5-4-6-8-20)29-22-14-26(27(38-2)15-25(22)32-18-33-29)34-30(37)21-11-12-24(31-16-21)19-9-10-19;1-2-31-12-17(21(30-31)14-6-4-3-5-7-14)22-16-10-19(29-23(32)15-8-9-15)20(33-24(25)26)11-18(16)27-13-28-22;1-2/h4-8,11-12,14-19H,3,9-10,13H2,1-2H3,(H,34,37);3-7,10-13,15,24H,2,8-9H2,1H3,(H,29,32);1-2H3. The highest BCUT2D eigenvalue weighted by molar-refractivity contribution is 6.07. The Kier molecular flexibility index (Phi) is 15.1. The first kappa shape index (κ1) is 49.5. The molecule has 372 valence electrons. The van der Waals surface area contributed by atoms with Crippen LogP contribution in [0.5, 0.6) is 11.5 Å². The molecule has 0 atom stereocenters. The molecule has 2 aliphatic rings. The van der Waals surface area contributed by atoms with Crippen molar-refractivity contribution in [2.24, 2.45) is 5.92 Å². The molecule has 2 aliphatic carbocycles. The van der Waals surface area contributed by atoms with E-state index in [0.717, 1.165) is 76.2 Å². The van der Waals surface area contributed by atoms with Gasteiger partial charge in [0, 0.05) is 94.4 Å². The lowest BCUT2D eigenvalue weighted by Crippen LogP contribution is -2.15. The first-order valence-corrected chi connectivity index (χ1v) is 24.6. The van der Waals surface area contributed by atoms with Gasteiger partial charge in [0.15, 0.2) is 5.75 Å². The number of carbonyl (C=O) groups excluding carboxylic acids is 2. The molecule has 0 aliphatic heterocycles. The summed E-state index contributed by atoms with van der Waals surface area (Å²) in [5, 5.41) is 16.7. The monoisotopic (exact) mass is 983 g/mol. The molecule has 0 spiro atoms. The average Bonchev–Trinajstić information content (AvgIpc) is 4.37. The second-order valence-electron chi connectivity index (χ2n) is 17.4. The molecule has 0 saturated heterocycles. The summed E-state index contributed by atoms with van der Waals surface area (Å²) in [6, 6.07) is 30.3. The molecule has 5 aromatic heterocycles. The summed E-state index contributed by atoms with van der Waals surface area (Å²) in [6.45, 7) is 6.54. The molecule has 2 fully saturated rings. The topological polar surface area (TPSA) is 177 Å². The third-order valence-electron chi connectivity index (χ3n) is 12.3. The minimum atomic E-state index is -3.03. The Labute approximate surface area is 421 Å². The van der Waals surface area contributed by atoms with Gasteiger partial charge < -0.3 is 20.1 Å². The molecule has 0 unspecified atom stereocenters. The van der Waals surface area contributed by atoms with Gasteiger partial charge in [-0.15, -0.1) is 0 Å². The fourth-order valence-corrected chi connectivity index (χ4v) is 8.40. The van der Waals surface area contributed by atoms with Crippen LogP contribution in [0.2, 0.25) is 0 Å². The smallest absolute Gasteiger partial charge is 0.387 e. The number of anilines is 2. The van der Waals surface area contributed by atoms with E-state index < -0.39 is 6.61 Å². The number of rotatable bonds is 15. The van der Waals surface area contributed by atoms with Crippen molar-refractivity contribution < 1.29 is 27.8 Å². The summed E-state index contributed by atoms with van der Waals surface area (Å²) in [7, 11) is 1.58. The third kappa shape index (κ3) is 11.2. The Morgan fingerprint density at radius 3 is 1.74 bits per heavy atom. The van der Waals surface area contributed by atoms with Crippen molar-refractivity contribution in [3.05, 3.63) is 140 Å². The molecule has 0 radical (unpaired) electrons.